The fourth-order valence-corrected chi connectivity index (χ4v) is 4.67. The number of Topliss-reactive ketones (excluding diaryl/α,β-unsaturated/α-hetero) is 1. The Morgan fingerprint density at radius 3 is 1.97 bits per heavy atom. The molecule has 3 nitrogen and oxygen atoms in total. The molecule has 1 aliphatic carbocycles. The second-order valence-electron chi connectivity index (χ2n) is 10.1. The Balaban J connectivity index is 1.11. The van der Waals surface area contributed by atoms with Crippen LogP contribution in [0.3, 0.4) is 0 Å². The van der Waals surface area contributed by atoms with Crippen LogP contribution in [0.25, 0.3) is 11.1 Å². The van der Waals surface area contributed by atoms with Crippen LogP contribution in [0.5, 0.6) is 5.75 Å². The quantitative estimate of drug-likeness (QED) is 0.225. The molecule has 0 heterocycles. The number of aryl methyl sites for hydroxylation is 1. The van der Waals surface area contributed by atoms with E-state index in [9.17, 15) is 9.18 Å². The topological polar surface area (TPSA) is 35.5 Å². The number of halogens is 1. The van der Waals surface area contributed by atoms with Gasteiger partial charge in [0.15, 0.2) is 0 Å². The molecule has 0 N–H and O–H groups in total. The van der Waals surface area contributed by atoms with Gasteiger partial charge in [0.1, 0.15) is 17.3 Å². The van der Waals surface area contributed by atoms with E-state index in [1.807, 2.05) is 36.4 Å². The molecular formula is C31H43FO3. The van der Waals surface area contributed by atoms with Crippen molar-refractivity contribution in [2.45, 2.75) is 90.4 Å². The highest BCUT2D eigenvalue weighted by molar-refractivity contribution is 5.79. The number of hydrogen-bond donors (Lipinski definition) is 0. The molecule has 0 amide bonds. The van der Waals surface area contributed by atoms with Gasteiger partial charge in [-0.15, -0.1) is 0 Å². The molecule has 0 atom stereocenters. The van der Waals surface area contributed by atoms with E-state index < -0.39 is 0 Å². The first-order valence-corrected chi connectivity index (χ1v) is 13.7. The Bertz CT molecular complexity index is 867. The van der Waals surface area contributed by atoms with E-state index >= 15 is 0 Å². The molecule has 1 aliphatic rings. The molecule has 4 heteroatoms. The Morgan fingerprint density at radius 2 is 1.34 bits per heavy atom. The van der Waals surface area contributed by atoms with Gasteiger partial charge in [-0.2, -0.15) is 0 Å². The highest BCUT2D eigenvalue weighted by Gasteiger charge is 2.18. The average Bonchev–Trinajstić information content (AvgIpc) is 2.87. The number of ketones is 1. The number of ether oxygens (including phenoxy) is 2. The van der Waals surface area contributed by atoms with Crippen LogP contribution in [-0.2, 0) is 9.53 Å². The first kappa shape index (κ1) is 27.4. The van der Waals surface area contributed by atoms with Gasteiger partial charge < -0.3 is 9.47 Å². The van der Waals surface area contributed by atoms with Crippen molar-refractivity contribution in [3.8, 4) is 16.9 Å². The number of carbonyl (C=O) groups is 1. The second-order valence-corrected chi connectivity index (χ2v) is 10.1. The summed E-state index contributed by atoms with van der Waals surface area (Å²) in [5.74, 6) is 1.74. The zero-order chi connectivity index (χ0) is 24.7. The normalized spacial score (nSPS) is 14.4. The van der Waals surface area contributed by atoms with E-state index in [0.717, 1.165) is 75.2 Å². The van der Waals surface area contributed by atoms with Crippen LogP contribution in [0.4, 0.5) is 4.39 Å². The lowest BCUT2D eigenvalue weighted by Gasteiger charge is -2.20. The van der Waals surface area contributed by atoms with Crippen molar-refractivity contribution in [3.63, 3.8) is 0 Å². The summed E-state index contributed by atoms with van der Waals surface area (Å²) in [6, 6.07) is 13.3. The predicted octanol–water partition coefficient (Wildman–Crippen LogP) is 8.47. The molecule has 192 valence electrons. The molecule has 0 radical (unpaired) electrons. The number of hydrogen-bond acceptors (Lipinski definition) is 3. The van der Waals surface area contributed by atoms with Crippen LogP contribution < -0.4 is 4.74 Å². The van der Waals surface area contributed by atoms with Crippen molar-refractivity contribution in [1.29, 1.82) is 0 Å². The third kappa shape index (κ3) is 10.5. The summed E-state index contributed by atoms with van der Waals surface area (Å²) in [7, 11) is 0. The SMILES string of the molecule is Cc1ccc(-c2ccc(OCCCCCCCCCCCOCC3CCC(=O)CC3)cc2)cc1F. The van der Waals surface area contributed by atoms with Crippen molar-refractivity contribution < 1.29 is 18.7 Å². The molecule has 35 heavy (non-hydrogen) atoms. The zero-order valence-electron chi connectivity index (χ0n) is 21.5. The van der Waals surface area contributed by atoms with Gasteiger partial charge in [0.2, 0.25) is 0 Å². The minimum Gasteiger partial charge on any atom is -0.494 e. The number of benzene rings is 2. The van der Waals surface area contributed by atoms with Crippen molar-refractivity contribution in [2.75, 3.05) is 19.8 Å². The maximum atomic E-state index is 13.8. The minimum atomic E-state index is -0.168. The summed E-state index contributed by atoms with van der Waals surface area (Å²) in [5, 5.41) is 0. The minimum absolute atomic E-state index is 0.168. The molecule has 3 rings (SSSR count). The second kappa shape index (κ2) is 15.7. The van der Waals surface area contributed by atoms with E-state index in [2.05, 4.69) is 0 Å². The van der Waals surface area contributed by atoms with E-state index in [4.69, 9.17) is 9.47 Å². The van der Waals surface area contributed by atoms with Crippen molar-refractivity contribution in [2.24, 2.45) is 5.92 Å². The van der Waals surface area contributed by atoms with E-state index in [-0.39, 0.29) is 5.82 Å². The van der Waals surface area contributed by atoms with Crippen molar-refractivity contribution in [1.82, 2.24) is 0 Å². The van der Waals surface area contributed by atoms with Gasteiger partial charge in [0, 0.05) is 26.1 Å². The molecule has 0 spiro atoms. The lowest BCUT2D eigenvalue weighted by Crippen LogP contribution is -2.18. The van der Waals surface area contributed by atoms with Gasteiger partial charge in [0.05, 0.1) is 6.61 Å². The van der Waals surface area contributed by atoms with E-state index in [1.165, 1.54) is 44.9 Å². The smallest absolute Gasteiger partial charge is 0.132 e. The van der Waals surface area contributed by atoms with Crippen LogP contribution in [0, 0.1) is 18.7 Å². The van der Waals surface area contributed by atoms with Crippen LogP contribution in [0.15, 0.2) is 42.5 Å². The fourth-order valence-electron chi connectivity index (χ4n) is 4.67. The molecule has 0 aromatic heterocycles. The molecule has 0 aliphatic heterocycles. The highest BCUT2D eigenvalue weighted by atomic mass is 19.1. The summed E-state index contributed by atoms with van der Waals surface area (Å²) in [6.07, 6.45) is 14.8. The summed E-state index contributed by atoms with van der Waals surface area (Å²) in [5.41, 5.74) is 2.56. The maximum Gasteiger partial charge on any atom is 0.132 e. The number of unbranched alkanes of at least 4 members (excludes halogenated alkanes) is 8. The molecule has 1 fully saturated rings. The van der Waals surface area contributed by atoms with Gasteiger partial charge in [-0.05, 0) is 73.4 Å². The molecule has 0 unspecified atom stereocenters. The summed E-state index contributed by atoms with van der Waals surface area (Å²) < 4.78 is 25.5. The third-order valence-corrected chi connectivity index (χ3v) is 7.08. The molecule has 2 aromatic carbocycles. The molecule has 0 saturated heterocycles. The molecule has 0 bridgehead atoms. The molecular weight excluding hydrogens is 439 g/mol. The Kier molecular flexibility index (Phi) is 12.3. The predicted molar refractivity (Wildman–Crippen MR) is 141 cm³/mol. The summed E-state index contributed by atoms with van der Waals surface area (Å²) in [6.45, 7) is 4.24. The van der Waals surface area contributed by atoms with Crippen LogP contribution in [-0.4, -0.2) is 25.6 Å². The lowest BCUT2D eigenvalue weighted by atomic mass is 9.89. The standard InChI is InChI=1S/C31H43FO3/c1-25-11-14-28(23-31(25)32)27-15-19-30(20-16-27)35-22-10-8-6-4-2-3-5-7-9-21-34-24-26-12-17-29(33)18-13-26/h11,14-16,19-20,23,26H,2-10,12-13,17-18,21-22,24H2,1H3. The maximum absolute atomic E-state index is 13.8. The van der Waals surface area contributed by atoms with Gasteiger partial charge in [-0.3, -0.25) is 4.79 Å². The van der Waals surface area contributed by atoms with E-state index in [0.29, 0.717) is 17.3 Å². The number of carbonyl (C=O) groups excluding carboxylic acids is 1. The van der Waals surface area contributed by atoms with Gasteiger partial charge >= 0.3 is 0 Å². The zero-order valence-corrected chi connectivity index (χ0v) is 21.5. The first-order valence-electron chi connectivity index (χ1n) is 13.7. The average molecular weight is 483 g/mol. The lowest BCUT2D eigenvalue weighted by molar-refractivity contribution is -0.121. The Hall–Kier alpha value is -2.20. The van der Waals surface area contributed by atoms with Crippen molar-refractivity contribution in [3.05, 3.63) is 53.8 Å². The molecule has 1 saturated carbocycles. The van der Waals surface area contributed by atoms with E-state index in [1.54, 1.807) is 13.0 Å². The van der Waals surface area contributed by atoms with Gasteiger partial charge in [0.25, 0.3) is 0 Å². The van der Waals surface area contributed by atoms with Crippen LogP contribution in [0.2, 0.25) is 0 Å². The van der Waals surface area contributed by atoms with Gasteiger partial charge in [-0.25, -0.2) is 4.39 Å². The highest BCUT2D eigenvalue weighted by Crippen LogP contribution is 2.25. The number of rotatable bonds is 16. The Labute approximate surface area is 211 Å². The van der Waals surface area contributed by atoms with Crippen LogP contribution >= 0.6 is 0 Å². The van der Waals surface area contributed by atoms with Crippen molar-refractivity contribution >= 4 is 5.78 Å². The Morgan fingerprint density at radius 1 is 0.771 bits per heavy atom. The summed E-state index contributed by atoms with van der Waals surface area (Å²) in [4.78, 5) is 11.3. The summed E-state index contributed by atoms with van der Waals surface area (Å²) >= 11 is 0. The molecule has 2 aromatic rings. The monoisotopic (exact) mass is 482 g/mol. The third-order valence-electron chi connectivity index (χ3n) is 7.08. The first-order chi connectivity index (χ1) is 17.1. The fraction of sp³-hybridized carbons (Fsp3) is 0.581. The van der Waals surface area contributed by atoms with Gasteiger partial charge in [-0.1, -0.05) is 69.2 Å². The largest absolute Gasteiger partial charge is 0.494 e. The van der Waals surface area contributed by atoms with Crippen LogP contribution in [0.1, 0.15) is 89.0 Å².